The fourth-order valence-corrected chi connectivity index (χ4v) is 1.59. The first-order valence-corrected chi connectivity index (χ1v) is 5.13. The van der Waals surface area contributed by atoms with E-state index in [9.17, 15) is 14.7 Å². The van der Waals surface area contributed by atoms with Crippen molar-refractivity contribution in [2.24, 2.45) is 0 Å². The predicted molar refractivity (Wildman–Crippen MR) is 63.6 cm³/mol. The van der Waals surface area contributed by atoms with Gasteiger partial charge < -0.3 is 5.11 Å². The average molecular weight is 243 g/mol. The molecule has 0 bridgehead atoms. The Morgan fingerprint density at radius 3 is 2.50 bits per heavy atom. The fraction of sp³-hybridized carbons (Fsp3) is 0.0833. The van der Waals surface area contributed by atoms with Crippen molar-refractivity contribution in [3.63, 3.8) is 0 Å². The summed E-state index contributed by atoms with van der Waals surface area (Å²) >= 11 is 0. The maximum Gasteiger partial charge on any atom is 0.335 e. The Bertz CT molecular complexity index is 720. The van der Waals surface area contributed by atoms with Gasteiger partial charge in [0.15, 0.2) is 0 Å². The number of aromatic amines is 1. The van der Waals surface area contributed by atoms with Crippen LogP contribution in [0, 0.1) is 11.3 Å². The Morgan fingerprint density at radius 1 is 1.28 bits per heavy atom. The summed E-state index contributed by atoms with van der Waals surface area (Å²) in [6, 6.07) is 9.46. The first kappa shape index (κ1) is 11.7. The molecule has 1 aromatic heterocycles. The quantitative estimate of drug-likeness (QED) is 0.792. The molecular formula is C12H9N3O3. The topological polar surface area (TPSA) is 98.9 Å². The number of nitrogens with zero attached hydrogens (tertiary/aromatic N) is 2. The third-order valence-electron chi connectivity index (χ3n) is 2.40. The molecule has 1 heterocycles. The zero-order chi connectivity index (χ0) is 13.1. The lowest BCUT2D eigenvalue weighted by Crippen LogP contribution is -2.27. The molecule has 6 nitrogen and oxygen atoms in total. The molecule has 2 aromatic rings. The van der Waals surface area contributed by atoms with Crippen LogP contribution in [-0.2, 0) is 6.42 Å². The molecule has 0 saturated carbocycles. The number of hydrogen-bond donors (Lipinski definition) is 2. The largest absolute Gasteiger partial charge is 0.494 e. The Balaban J connectivity index is 2.53. The Labute approximate surface area is 101 Å². The van der Waals surface area contributed by atoms with Gasteiger partial charge in [-0.3, -0.25) is 9.78 Å². The summed E-state index contributed by atoms with van der Waals surface area (Å²) < 4.78 is 0.970. The SMILES string of the molecule is N#CCc1ccc(-n2c(O)cc(=O)[nH]c2=O)cc1. The number of rotatable bonds is 2. The summed E-state index contributed by atoms with van der Waals surface area (Å²) in [5.41, 5.74) is -0.156. The van der Waals surface area contributed by atoms with Crippen LogP contribution in [0.5, 0.6) is 5.88 Å². The molecule has 6 heteroatoms. The predicted octanol–water partition coefficient (Wildman–Crippen LogP) is 0.297. The molecule has 1 aromatic carbocycles. The molecular weight excluding hydrogens is 234 g/mol. The first-order valence-electron chi connectivity index (χ1n) is 5.13. The number of nitrogens with one attached hydrogen (secondary N) is 1. The van der Waals surface area contributed by atoms with Crippen molar-refractivity contribution < 1.29 is 5.11 Å². The van der Waals surface area contributed by atoms with E-state index in [1.807, 2.05) is 6.07 Å². The minimum atomic E-state index is -0.715. The van der Waals surface area contributed by atoms with E-state index in [4.69, 9.17) is 5.26 Å². The van der Waals surface area contributed by atoms with Crippen molar-refractivity contribution in [2.75, 3.05) is 0 Å². The van der Waals surface area contributed by atoms with Crippen LogP contribution in [0.4, 0.5) is 0 Å². The molecule has 2 rings (SSSR count). The third-order valence-corrected chi connectivity index (χ3v) is 2.40. The van der Waals surface area contributed by atoms with Gasteiger partial charge in [-0.15, -0.1) is 0 Å². The van der Waals surface area contributed by atoms with Crippen LogP contribution in [0.15, 0.2) is 39.9 Å². The van der Waals surface area contributed by atoms with E-state index in [1.165, 1.54) is 0 Å². The molecule has 0 aliphatic carbocycles. The number of H-pyrrole nitrogens is 1. The fourth-order valence-electron chi connectivity index (χ4n) is 1.59. The van der Waals surface area contributed by atoms with Crippen LogP contribution >= 0.6 is 0 Å². The van der Waals surface area contributed by atoms with Crippen LogP contribution in [0.2, 0.25) is 0 Å². The van der Waals surface area contributed by atoms with Crippen LogP contribution in [0.3, 0.4) is 0 Å². The van der Waals surface area contributed by atoms with Crippen molar-refractivity contribution in [3.8, 4) is 17.6 Å². The van der Waals surface area contributed by atoms with E-state index in [0.29, 0.717) is 5.69 Å². The lowest BCUT2D eigenvalue weighted by molar-refractivity contribution is 0.431. The number of hydrogen-bond acceptors (Lipinski definition) is 4. The molecule has 0 saturated heterocycles. The molecule has 2 N–H and O–H groups in total. The Hall–Kier alpha value is -2.81. The van der Waals surface area contributed by atoms with Crippen LogP contribution in [0.25, 0.3) is 5.69 Å². The van der Waals surface area contributed by atoms with Crippen LogP contribution < -0.4 is 11.2 Å². The van der Waals surface area contributed by atoms with E-state index in [2.05, 4.69) is 4.98 Å². The summed E-state index contributed by atoms with van der Waals surface area (Å²) in [5, 5.41) is 18.1. The first-order chi connectivity index (χ1) is 8.61. The van der Waals surface area contributed by atoms with Gasteiger partial charge in [-0.1, -0.05) is 12.1 Å². The zero-order valence-corrected chi connectivity index (χ0v) is 9.25. The van der Waals surface area contributed by atoms with Gasteiger partial charge >= 0.3 is 5.69 Å². The van der Waals surface area contributed by atoms with Crippen LogP contribution in [-0.4, -0.2) is 14.7 Å². The highest BCUT2D eigenvalue weighted by Gasteiger charge is 2.06. The number of aromatic hydroxyl groups is 1. The van der Waals surface area contributed by atoms with Gasteiger partial charge in [-0.2, -0.15) is 5.26 Å². The van der Waals surface area contributed by atoms with Crippen molar-refractivity contribution in [2.45, 2.75) is 6.42 Å². The molecule has 0 aliphatic heterocycles. The van der Waals surface area contributed by atoms with Gasteiger partial charge in [0.05, 0.1) is 24.2 Å². The normalized spacial score (nSPS) is 9.94. The maximum absolute atomic E-state index is 11.6. The Kier molecular flexibility index (Phi) is 2.98. The zero-order valence-electron chi connectivity index (χ0n) is 9.25. The molecule has 0 amide bonds. The Morgan fingerprint density at radius 2 is 1.94 bits per heavy atom. The second-order valence-electron chi connectivity index (χ2n) is 3.63. The molecule has 90 valence electrons. The molecule has 0 atom stereocenters. The van der Waals surface area contributed by atoms with Gasteiger partial charge in [0.1, 0.15) is 0 Å². The smallest absolute Gasteiger partial charge is 0.335 e. The van der Waals surface area contributed by atoms with E-state index in [0.717, 1.165) is 16.2 Å². The molecule has 18 heavy (non-hydrogen) atoms. The third kappa shape index (κ3) is 2.15. The highest BCUT2D eigenvalue weighted by molar-refractivity contribution is 5.37. The van der Waals surface area contributed by atoms with E-state index in [1.54, 1.807) is 24.3 Å². The molecule has 0 aliphatic rings. The number of benzene rings is 1. The molecule has 0 fully saturated rings. The summed E-state index contributed by atoms with van der Waals surface area (Å²) in [4.78, 5) is 24.6. The van der Waals surface area contributed by atoms with Crippen molar-refractivity contribution in [3.05, 3.63) is 56.7 Å². The lowest BCUT2D eigenvalue weighted by atomic mass is 10.1. The summed E-state index contributed by atoms with van der Waals surface area (Å²) in [7, 11) is 0. The van der Waals surface area contributed by atoms with Gasteiger partial charge in [-0.05, 0) is 17.7 Å². The lowest BCUT2D eigenvalue weighted by Gasteiger charge is -2.07. The van der Waals surface area contributed by atoms with Gasteiger partial charge in [-0.25, -0.2) is 9.36 Å². The van der Waals surface area contributed by atoms with E-state index >= 15 is 0 Å². The minimum Gasteiger partial charge on any atom is -0.494 e. The number of aromatic nitrogens is 2. The second kappa shape index (κ2) is 4.59. The summed E-state index contributed by atoms with van der Waals surface area (Å²) in [6.45, 7) is 0. The van der Waals surface area contributed by atoms with Gasteiger partial charge in [0, 0.05) is 0 Å². The van der Waals surface area contributed by atoms with Crippen molar-refractivity contribution >= 4 is 0 Å². The second-order valence-corrected chi connectivity index (χ2v) is 3.63. The average Bonchev–Trinajstić information content (AvgIpc) is 2.30. The van der Waals surface area contributed by atoms with Gasteiger partial charge in [0.2, 0.25) is 5.88 Å². The number of nitriles is 1. The van der Waals surface area contributed by atoms with E-state index < -0.39 is 17.1 Å². The molecule has 0 spiro atoms. The van der Waals surface area contributed by atoms with Crippen LogP contribution in [0.1, 0.15) is 5.56 Å². The summed E-state index contributed by atoms with van der Waals surface area (Å²) in [5.74, 6) is -0.434. The molecule has 0 unspecified atom stereocenters. The summed E-state index contributed by atoms with van der Waals surface area (Å²) in [6.07, 6.45) is 0.271. The van der Waals surface area contributed by atoms with E-state index in [-0.39, 0.29) is 6.42 Å². The molecule has 0 radical (unpaired) electrons. The maximum atomic E-state index is 11.6. The minimum absolute atomic E-state index is 0.271. The highest BCUT2D eigenvalue weighted by Crippen LogP contribution is 2.12. The van der Waals surface area contributed by atoms with Gasteiger partial charge in [0.25, 0.3) is 5.56 Å². The van der Waals surface area contributed by atoms with Crippen molar-refractivity contribution in [1.82, 2.24) is 9.55 Å². The standard InChI is InChI=1S/C12H9N3O3/c13-6-5-8-1-3-9(4-2-8)15-11(17)7-10(16)14-12(15)18/h1-4,7,17H,5H2,(H,14,16,18). The van der Waals surface area contributed by atoms with Crippen molar-refractivity contribution in [1.29, 1.82) is 5.26 Å². The highest BCUT2D eigenvalue weighted by atomic mass is 16.3. The monoisotopic (exact) mass is 243 g/mol.